The Labute approximate surface area is 153 Å². The molecular formula is C19H16F2N6. The van der Waals surface area contributed by atoms with E-state index in [9.17, 15) is 0 Å². The highest BCUT2D eigenvalue weighted by Crippen LogP contribution is 2.42. The highest BCUT2D eigenvalue weighted by molar-refractivity contribution is 5.84. The molecule has 3 aromatic heterocycles. The summed E-state index contributed by atoms with van der Waals surface area (Å²) in [4.78, 5) is 0. The first-order chi connectivity index (χ1) is 12.9. The molecule has 4 aromatic rings. The molecule has 0 saturated carbocycles. The number of pyridine rings is 1. The van der Waals surface area contributed by atoms with Crippen LogP contribution in [0.15, 0.2) is 36.7 Å². The number of halogens is 2. The van der Waals surface area contributed by atoms with Gasteiger partial charge in [-0.1, -0.05) is 6.07 Å². The molecule has 4 heterocycles. The van der Waals surface area contributed by atoms with Crippen molar-refractivity contribution in [1.29, 1.82) is 0 Å². The topological polar surface area (TPSA) is 60.0 Å². The molecule has 0 aliphatic carbocycles. The van der Waals surface area contributed by atoms with Crippen LogP contribution in [-0.2, 0) is 5.54 Å². The minimum atomic E-state index is -0.670. The van der Waals surface area contributed by atoms with Gasteiger partial charge in [-0.2, -0.15) is 5.10 Å². The van der Waals surface area contributed by atoms with Gasteiger partial charge in [-0.05, 0) is 32.9 Å². The quantitative estimate of drug-likeness (QED) is 0.556. The molecule has 1 aliphatic rings. The van der Waals surface area contributed by atoms with Crippen LogP contribution >= 0.6 is 0 Å². The first kappa shape index (κ1) is 15.9. The predicted molar refractivity (Wildman–Crippen MR) is 96.8 cm³/mol. The van der Waals surface area contributed by atoms with E-state index in [2.05, 4.69) is 20.6 Å². The zero-order valence-electron chi connectivity index (χ0n) is 15.0. The molecule has 0 fully saturated rings. The summed E-state index contributed by atoms with van der Waals surface area (Å²) in [5, 5.41) is 15.7. The molecule has 0 unspecified atom stereocenters. The summed E-state index contributed by atoms with van der Waals surface area (Å²) in [5.41, 5.74) is 0.879. The van der Waals surface area contributed by atoms with Crippen LogP contribution in [0.1, 0.15) is 25.5 Å². The Morgan fingerprint density at radius 2 is 1.96 bits per heavy atom. The van der Waals surface area contributed by atoms with Crippen LogP contribution in [-0.4, -0.2) is 24.4 Å². The van der Waals surface area contributed by atoms with Gasteiger partial charge >= 0.3 is 0 Å². The second-order valence-corrected chi connectivity index (χ2v) is 7.19. The van der Waals surface area contributed by atoms with Crippen LogP contribution in [0.25, 0.3) is 22.3 Å². The van der Waals surface area contributed by atoms with Gasteiger partial charge in [0.1, 0.15) is 17.3 Å². The summed E-state index contributed by atoms with van der Waals surface area (Å²) in [6.07, 6.45) is 3.21. The third kappa shape index (κ3) is 2.06. The maximum absolute atomic E-state index is 15.7. The average Bonchev–Trinajstić information content (AvgIpc) is 3.20. The summed E-state index contributed by atoms with van der Waals surface area (Å²) in [7, 11) is 0. The summed E-state index contributed by atoms with van der Waals surface area (Å²) in [6, 6.07) is 6.71. The van der Waals surface area contributed by atoms with E-state index in [1.165, 1.54) is 12.3 Å². The second kappa shape index (κ2) is 5.12. The SMILES string of the molecule is Cc1nnc2n1-c1c(cc(F)c(-c3cnn4ccccc34)c1F)NC2(C)C. The second-order valence-electron chi connectivity index (χ2n) is 7.19. The minimum Gasteiger partial charge on any atom is -0.371 e. The van der Waals surface area contributed by atoms with E-state index in [1.54, 1.807) is 34.3 Å². The number of rotatable bonds is 1. The molecule has 5 rings (SSSR count). The molecule has 0 radical (unpaired) electrons. The number of nitrogens with zero attached hydrogens (tertiary/aromatic N) is 5. The molecule has 0 amide bonds. The van der Waals surface area contributed by atoms with Crippen molar-refractivity contribution in [2.75, 3.05) is 5.32 Å². The van der Waals surface area contributed by atoms with Crippen molar-refractivity contribution in [3.63, 3.8) is 0 Å². The lowest BCUT2D eigenvalue weighted by Gasteiger charge is -2.34. The lowest BCUT2D eigenvalue weighted by molar-refractivity contribution is 0.517. The van der Waals surface area contributed by atoms with E-state index in [0.29, 0.717) is 28.4 Å². The molecule has 0 spiro atoms. The standard InChI is InChI=1S/C19H16F2N6/c1-10-24-25-18-19(2,3)23-13-8-12(20)15(16(21)17(13)27(10)18)11-9-22-26-7-5-4-6-14(11)26/h4-9,23H,1-3H3. The Balaban J connectivity index is 1.85. The number of fused-ring (bicyclic) bond motifs is 4. The number of benzene rings is 1. The highest BCUT2D eigenvalue weighted by atomic mass is 19.1. The van der Waals surface area contributed by atoms with E-state index >= 15 is 8.78 Å². The molecule has 1 aromatic carbocycles. The van der Waals surface area contributed by atoms with Crippen molar-refractivity contribution in [3.8, 4) is 16.8 Å². The number of hydrogen-bond acceptors (Lipinski definition) is 4. The Kier molecular flexibility index (Phi) is 3.02. The van der Waals surface area contributed by atoms with Crippen LogP contribution in [0.3, 0.4) is 0 Å². The molecule has 0 saturated heterocycles. The van der Waals surface area contributed by atoms with E-state index in [-0.39, 0.29) is 11.3 Å². The number of anilines is 1. The highest BCUT2D eigenvalue weighted by Gasteiger charge is 2.37. The number of nitrogens with one attached hydrogen (secondary N) is 1. The Bertz CT molecular complexity index is 1220. The van der Waals surface area contributed by atoms with Crippen molar-refractivity contribution in [2.24, 2.45) is 0 Å². The molecule has 6 nitrogen and oxygen atoms in total. The zero-order valence-corrected chi connectivity index (χ0v) is 15.0. The Morgan fingerprint density at radius 3 is 2.78 bits per heavy atom. The van der Waals surface area contributed by atoms with Gasteiger partial charge in [0.15, 0.2) is 11.6 Å². The normalized spacial score (nSPS) is 14.7. The van der Waals surface area contributed by atoms with Crippen molar-refractivity contribution in [1.82, 2.24) is 24.4 Å². The minimum absolute atomic E-state index is 0.115. The third-order valence-corrected chi connectivity index (χ3v) is 4.94. The zero-order chi connectivity index (χ0) is 18.9. The van der Waals surface area contributed by atoms with Crippen LogP contribution in [0.5, 0.6) is 0 Å². The van der Waals surface area contributed by atoms with Gasteiger partial charge in [-0.3, -0.25) is 4.57 Å². The maximum Gasteiger partial charge on any atom is 0.162 e. The largest absolute Gasteiger partial charge is 0.371 e. The van der Waals surface area contributed by atoms with Gasteiger partial charge in [0.2, 0.25) is 0 Å². The molecule has 136 valence electrons. The fourth-order valence-corrected chi connectivity index (χ4v) is 3.72. The van der Waals surface area contributed by atoms with Gasteiger partial charge < -0.3 is 5.32 Å². The molecule has 8 heteroatoms. The fourth-order valence-electron chi connectivity index (χ4n) is 3.72. The third-order valence-electron chi connectivity index (χ3n) is 4.94. The van der Waals surface area contributed by atoms with Gasteiger partial charge in [0, 0.05) is 17.8 Å². The molecule has 1 N–H and O–H groups in total. The van der Waals surface area contributed by atoms with Gasteiger partial charge in [-0.25, -0.2) is 13.3 Å². The Morgan fingerprint density at radius 1 is 1.15 bits per heavy atom. The van der Waals surface area contributed by atoms with Gasteiger partial charge in [-0.15, -0.1) is 10.2 Å². The van der Waals surface area contributed by atoms with Crippen LogP contribution < -0.4 is 5.32 Å². The average molecular weight is 366 g/mol. The first-order valence-electron chi connectivity index (χ1n) is 8.54. The van der Waals surface area contributed by atoms with Gasteiger partial charge in [0.05, 0.1) is 28.5 Å². The number of aromatic nitrogens is 5. The number of aryl methyl sites for hydroxylation is 1. The molecular weight excluding hydrogens is 350 g/mol. The molecule has 27 heavy (non-hydrogen) atoms. The fraction of sp³-hybridized carbons (Fsp3) is 0.211. The maximum atomic E-state index is 15.7. The van der Waals surface area contributed by atoms with Crippen molar-refractivity contribution in [2.45, 2.75) is 26.3 Å². The lowest BCUT2D eigenvalue weighted by atomic mass is 9.97. The first-order valence-corrected chi connectivity index (χ1v) is 8.54. The van der Waals surface area contributed by atoms with Crippen LogP contribution in [0.2, 0.25) is 0 Å². The monoisotopic (exact) mass is 366 g/mol. The summed E-state index contributed by atoms with van der Waals surface area (Å²) < 4.78 is 34.0. The molecule has 1 aliphatic heterocycles. The van der Waals surface area contributed by atoms with E-state index < -0.39 is 17.2 Å². The Hall–Kier alpha value is -3.29. The van der Waals surface area contributed by atoms with E-state index in [4.69, 9.17) is 0 Å². The van der Waals surface area contributed by atoms with Crippen molar-refractivity contribution < 1.29 is 8.78 Å². The van der Waals surface area contributed by atoms with Crippen molar-refractivity contribution >= 4 is 11.2 Å². The van der Waals surface area contributed by atoms with Crippen LogP contribution in [0, 0.1) is 18.6 Å². The summed E-state index contributed by atoms with van der Waals surface area (Å²) in [5.74, 6) is -0.209. The van der Waals surface area contributed by atoms with E-state index in [0.717, 1.165) is 0 Å². The lowest BCUT2D eigenvalue weighted by Crippen LogP contribution is -2.36. The number of hydrogen-bond donors (Lipinski definition) is 1. The predicted octanol–water partition coefficient (Wildman–Crippen LogP) is 3.83. The van der Waals surface area contributed by atoms with Crippen LogP contribution in [0.4, 0.5) is 14.5 Å². The summed E-state index contributed by atoms with van der Waals surface area (Å²) >= 11 is 0. The van der Waals surface area contributed by atoms with E-state index in [1.807, 2.05) is 19.9 Å². The molecule has 0 bridgehead atoms. The van der Waals surface area contributed by atoms with Gasteiger partial charge in [0.25, 0.3) is 0 Å². The van der Waals surface area contributed by atoms with Crippen molar-refractivity contribution in [3.05, 3.63) is 59.9 Å². The molecule has 0 atom stereocenters. The smallest absolute Gasteiger partial charge is 0.162 e. The summed E-state index contributed by atoms with van der Waals surface area (Å²) in [6.45, 7) is 5.54.